The SMILES string of the molecule is CCS(=O)(=O)N1CCC(NC(=NC)NCC2CCCOC2C(C)(C)C)CC1. The van der Waals surface area contributed by atoms with Crippen LogP contribution in [0.4, 0.5) is 0 Å². The van der Waals surface area contributed by atoms with Gasteiger partial charge in [-0.2, -0.15) is 0 Å². The highest BCUT2D eigenvalue weighted by molar-refractivity contribution is 7.89. The second-order valence-electron chi connectivity index (χ2n) is 8.73. The topological polar surface area (TPSA) is 83.0 Å². The van der Waals surface area contributed by atoms with Gasteiger partial charge in [0.15, 0.2) is 5.96 Å². The van der Waals surface area contributed by atoms with E-state index in [0.29, 0.717) is 19.0 Å². The molecule has 2 atom stereocenters. The Labute approximate surface area is 165 Å². The van der Waals surface area contributed by atoms with Crippen LogP contribution in [0.15, 0.2) is 4.99 Å². The molecule has 2 heterocycles. The number of aliphatic imine (C=N–C) groups is 1. The number of sulfonamides is 1. The lowest BCUT2D eigenvalue weighted by molar-refractivity contribution is -0.0835. The maximum Gasteiger partial charge on any atom is 0.213 e. The summed E-state index contributed by atoms with van der Waals surface area (Å²) in [5.74, 6) is 1.44. The Morgan fingerprint density at radius 1 is 1.22 bits per heavy atom. The number of hydrogen-bond donors (Lipinski definition) is 2. The molecule has 2 rings (SSSR count). The third kappa shape index (κ3) is 6.32. The Hall–Kier alpha value is -0.860. The van der Waals surface area contributed by atoms with Crippen LogP contribution in [0.5, 0.6) is 0 Å². The van der Waals surface area contributed by atoms with Crippen molar-refractivity contribution in [2.24, 2.45) is 16.3 Å². The number of piperidine rings is 1. The molecular formula is C19H38N4O3S. The molecule has 0 aromatic heterocycles. The normalized spacial score (nSPS) is 26.8. The van der Waals surface area contributed by atoms with E-state index in [4.69, 9.17) is 4.74 Å². The van der Waals surface area contributed by atoms with Gasteiger partial charge in [0.2, 0.25) is 10.0 Å². The molecule has 2 unspecified atom stereocenters. The fourth-order valence-electron chi connectivity index (χ4n) is 4.09. The lowest BCUT2D eigenvalue weighted by Gasteiger charge is -2.40. The molecular weight excluding hydrogens is 364 g/mol. The number of nitrogens with zero attached hydrogens (tertiary/aromatic N) is 2. The van der Waals surface area contributed by atoms with Crippen molar-refractivity contribution in [3.05, 3.63) is 0 Å². The van der Waals surface area contributed by atoms with Crippen LogP contribution in [-0.2, 0) is 14.8 Å². The van der Waals surface area contributed by atoms with Gasteiger partial charge < -0.3 is 15.4 Å². The Morgan fingerprint density at radius 3 is 2.44 bits per heavy atom. The minimum absolute atomic E-state index is 0.126. The number of rotatable bonds is 5. The van der Waals surface area contributed by atoms with Crippen LogP contribution < -0.4 is 10.6 Å². The Bertz CT molecular complexity index is 593. The fraction of sp³-hybridized carbons (Fsp3) is 0.947. The van der Waals surface area contributed by atoms with Crippen molar-refractivity contribution >= 4 is 16.0 Å². The van der Waals surface area contributed by atoms with Gasteiger partial charge in [-0.3, -0.25) is 4.99 Å². The predicted octanol–water partition coefficient (Wildman–Crippen LogP) is 1.81. The summed E-state index contributed by atoms with van der Waals surface area (Å²) in [6.45, 7) is 11.3. The molecule has 2 N–H and O–H groups in total. The highest BCUT2D eigenvalue weighted by Crippen LogP contribution is 2.33. The van der Waals surface area contributed by atoms with E-state index in [1.54, 1.807) is 18.3 Å². The maximum atomic E-state index is 12.0. The van der Waals surface area contributed by atoms with Crippen LogP contribution >= 0.6 is 0 Å². The summed E-state index contributed by atoms with van der Waals surface area (Å²) in [6.07, 6.45) is 4.13. The first kappa shape index (κ1) is 22.4. The third-order valence-corrected chi connectivity index (χ3v) is 7.49. The fourth-order valence-corrected chi connectivity index (χ4v) is 5.22. The monoisotopic (exact) mass is 402 g/mol. The Balaban J connectivity index is 1.83. The van der Waals surface area contributed by atoms with Crippen LogP contribution in [0.2, 0.25) is 0 Å². The predicted molar refractivity (Wildman–Crippen MR) is 110 cm³/mol. The van der Waals surface area contributed by atoms with Gasteiger partial charge in [-0.15, -0.1) is 0 Å². The molecule has 0 bridgehead atoms. The van der Waals surface area contributed by atoms with Crippen LogP contribution in [0.25, 0.3) is 0 Å². The zero-order valence-corrected chi connectivity index (χ0v) is 18.4. The molecule has 2 saturated heterocycles. The van der Waals surface area contributed by atoms with Crippen molar-refractivity contribution < 1.29 is 13.2 Å². The van der Waals surface area contributed by atoms with Crippen LogP contribution in [0, 0.1) is 11.3 Å². The van der Waals surface area contributed by atoms with E-state index in [1.165, 1.54) is 6.42 Å². The highest BCUT2D eigenvalue weighted by Gasteiger charge is 2.35. The van der Waals surface area contributed by atoms with Crippen LogP contribution in [0.1, 0.15) is 53.4 Å². The van der Waals surface area contributed by atoms with Crippen LogP contribution in [0.3, 0.4) is 0 Å². The van der Waals surface area contributed by atoms with Gasteiger partial charge in [0.25, 0.3) is 0 Å². The van der Waals surface area contributed by atoms with Gasteiger partial charge in [-0.1, -0.05) is 20.8 Å². The smallest absolute Gasteiger partial charge is 0.213 e. The Kier molecular flexibility index (Phi) is 7.94. The highest BCUT2D eigenvalue weighted by atomic mass is 32.2. The molecule has 0 aromatic carbocycles. The Morgan fingerprint density at radius 2 is 1.89 bits per heavy atom. The van der Waals surface area contributed by atoms with Gasteiger partial charge in [0.1, 0.15) is 0 Å². The van der Waals surface area contributed by atoms with Crippen molar-refractivity contribution in [1.82, 2.24) is 14.9 Å². The molecule has 0 saturated carbocycles. The van der Waals surface area contributed by atoms with Gasteiger partial charge in [-0.05, 0) is 38.0 Å². The van der Waals surface area contributed by atoms with Crippen molar-refractivity contribution in [2.45, 2.75) is 65.5 Å². The number of ether oxygens (including phenoxy) is 1. The summed E-state index contributed by atoms with van der Waals surface area (Å²) in [4.78, 5) is 4.36. The van der Waals surface area contributed by atoms with E-state index in [1.807, 2.05) is 0 Å². The molecule has 0 aromatic rings. The molecule has 2 fully saturated rings. The van der Waals surface area contributed by atoms with E-state index < -0.39 is 10.0 Å². The number of nitrogens with one attached hydrogen (secondary N) is 2. The summed E-state index contributed by atoms with van der Waals surface area (Å²) in [6, 6.07) is 0.250. The standard InChI is InChI=1S/C19H38N4O3S/c1-6-27(24,25)23-11-9-16(10-12-23)22-18(20-5)21-14-15-8-7-13-26-17(15)19(2,3)4/h15-17H,6-14H2,1-5H3,(H2,20,21,22). The summed E-state index contributed by atoms with van der Waals surface area (Å²) < 4.78 is 31.6. The van der Waals surface area contributed by atoms with Crippen LogP contribution in [-0.4, -0.2) is 69.9 Å². The van der Waals surface area contributed by atoms with Crippen molar-refractivity contribution in [3.63, 3.8) is 0 Å². The second kappa shape index (κ2) is 9.56. The summed E-state index contributed by atoms with van der Waals surface area (Å²) >= 11 is 0. The number of guanidine groups is 1. The average molecular weight is 403 g/mol. The molecule has 27 heavy (non-hydrogen) atoms. The summed E-state index contributed by atoms with van der Waals surface area (Å²) in [5.41, 5.74) is 0.126. The van der Waals surface area contributed by atoms with E-state index >= 15 is 0 Å². The summed E-state index contributed by atoms with van der Waals surface area (Å²) in [7, 11) is -1.30. The van der Waals surface area contributed by atoms with E-state index in [0.717, 1.165) is 38.4 Å². The van der Waals surface area contributed by atoms with Crippen molar-refractivity contribution in [2.75, 3.05) is 39.0 Å². The average Bonchev–Trinajstić information content (AvgIpc) is 2.65. The molecule has 2 aliphatic rings. The first-order chi connectivity index (χ1) is 12.7. The molecule has 158 valence electrons. The van der Waals surface area contributed by atoms with Gasteiger partial charge in [0.05, 0.1) is 11.9 Å². The lowest BCUT2D eigenvalue weighted by Crippen LogP contribution is -2.52. The molecule has 2 aliphatic heterocycles. The zero-order chi connectivity index (χ0) is 20.1. The quantitative estimate of drug-likeness (QED) is 0.541. The number of hydrogen-bond acceptors (Lipinski definition) is 4. The first-order valence-corrected chi connectivity index (χ1v) is 11.8. The van der Waals surface area contributed by atoms with Crippen molar-refractivity contribution in [1.29, 1.82) is 0 Å². The first-order valence-electron chi connectivity index (χ1n) is 10.2. The van der Waals surface area contributed by atoms with Gasteiger partial charge in [0, 0.05) is 45.2 Å². The molecule has 7 nitrogen and oxygen atoms in total. The van der Waals surface area contributed by atoms with E-state index in [9.17, 15) is 8.42 Å². The molecule has 0 aliphatic carbocycles. The minimum Gasteiger partial charge on any atom is -0.377 e. The molecule has 0 amide bonds. The zero-order valence-electron chi connectivity index (χ0n) is 17.6. The third-order valence-electron chi connectivity index (χ3n) is 5.61. The lowest BCUT2D eigenvalue weighted by atomic mass is 9.78. The summed E-state index contributed by atoms with van der Waals surface area (Å²) in [5, 5.41) is 6.93. The molecule has 0 radical (unpaired) electrons. The van der Waals surface area contributed by atoms with Gasteiger partial charge >= 0.3 is 0 Å². The maximum absolute atomic E-state index is 12.0. The molecule has 8 heteroatoms. The van der Waals surface area contributed by atoms with Gasteiger partial charge in [-0.25, -0.2) is 12.7 Å². The van der Waals surface area contributed by atoms with Crippen molar-refractivity contribution in [3.8, 4) is 0 Å². The van der Waals surface area contributed by atoms with E-state index in [-0.39, 0.29) is 23.3 Å². The molecule has 0 spiro atoms. The minimum atomic E-state index is -3.08. The second-order valence-corrected chi connectivity index (χ2v) is 11.0. The van der Waals surface area contributed by atoms with E-state index in [2.05, 4.69) is 36.4 Å². The largest absolute Gasteiger partial charge is 0.377 e.